The maximum atomic E-state index is 13.2. The van der Waals surface area contributed by atoms with E-state index in [1.165, 1.54) is 24.3 Å². The van der Waals surface area contributed by atoms with Gasteiger partial charge in [-0.05, 0) is 62.6 Å². The van der Waals surface area contributed by atoms with Crippen LogP contribution in [0.4, 0.5) is 10.3 Å². The van der Waals surface area contributed by atoms with Crippen molar-refractivity contribution in [3.63, 3.8) is 0 Å². The minimum atomic E-state index is -0.383. The average molecular weight is 453 g/mol. The summed E-state index contributed by atoms with van der Waals surface area (Å²) in [7, 11) is 0. The van der Waals surface area contributed by atoms with E-state index in [9.17, 15) is 14.0 Å². The number of aryl methyl sites for hydroxylation is 1. The Morgan fingerprint density at radius 1 is 1.18 bits per heavy atom. The fraction of sp³-hybridized carbons (Fsp3) is 0.400. The monoisotopic (exact) mass is 452 g/mol. The molecular formula is C25H29FN4O3. The molecule has 0 spiro atoms. The summed E-state index contributed by atoms with van der Waals surface area (Å²) >= 11 is 0. The number of nitrogens with one attached hydrogen (secondary N) is 1. The van der Waals surface area contributed by atoms with Crippen molar-refractivity contribution in [2.45, 2.75) is 32.7 Å². The number of hydrogen-bond acceptors (Lipinski definition) is 4. The highest BCUT2D eigenvalue weighted by Crippen LogP contribution is 2.23. The average Bonchev–Trinajstić information content (AvgIpc) is 3.19. The van der Waals surface area contributed by atoms with Gasteiger partial charge in [0, 0.05) is 38.4 Å². The fourth-order valence-electron chi connectivity index (χ4n) is 4.23. The van der Waals surface area contributed by atoms with E-state index in [4.69, 9.17) is 4.74 Å². The Balaban J connectivity index is 1.46. The van der Waals surface area contributed by atoms with Crippen LogP contribution in [0.2, 0.25) is 0 Å². The number of carbonyl (C=O) groups excluding carboxylic acids is 2. The predicted octanol–water partition coefficient (Wildman–Crippen LogP) is 4.09. The van der Waals surface area contributed by atoms with Crippen LogP contribution in [0.3, 0.4) is 0 Å². The number of benzene rings is 2. The number of rotatable bonds is 8. The maximum Gasteiger partial charge on any atom is 0.253 e. The molecule has 33 heavy (non-hydrogen) atoms. The molecule has 1 N–H and O–H groups in total. The zero-order valence-corrected chi connectivity index (χ0v) is 18.8. The van der Waals surface area contributed by atoms with E-state index >= 15 is 0 Å². The van der Waals surface area contributed by atoms with Gasteiger partial charge in [-0.1, -0.05) is 12.1 Å². The standard InChI is InChI=1S/C25H29FN4O3/c1-2-33-16-6-15-30-22-9-4-3-8-21(22)27-25(30)28-23(31)19-7-5-14-29(17-19)24(32)18-10-12-20(26)13-11-18/h3-4,8-13,19H,2,5-7,14-17H2,1H3,(H,27,28,31). The first kappa shape index (κ1) is 22.9. The lowest BCUT2D eigenvalue weighted by Crippen LogP contribution is -2.44. The molecule has 1 aromatic heterocycles. The SMILES string of the molecule is CCOCCCn1c(NC(=O)C2CCCN(C(=O)c3ccc(F)cc3)C2)nc2ccccc21. The molecule has 7 nitrogen and oxygen atoms in total. The van der Waals surface area contributed by atoms with Crippen molar-refractivity contribution in [2.75, 3.05) is 31.6 Å². The lowest BCUT2D eigenvalue weighted by Gasteiger charge is -2.32. The molecule has 0 saturated carbocycles. The number of nitrogens with zero attached hydrogens (tertiary/aromatic N) is 3. The van der Waals surface area contributed by atoms with Gasteiger partial charge < -0.3 is 14.2 Å². The normalized spacial score (nSPS) is 16.2. The van der Waals surface area contributed by atoms with Crippen molar-refractivity contribution in [1.29, 1.82) is 0 Å². The molecule has 1 atom stereocenters. The number of ether oxygens (including phenoxy) is 1. The fourth-order valence-corrected chi connectivity index (χ4v) is 4.23. The summed E-state index contributed by atoms with van der Waals surface area (Å²) < 4.78 is 20.7. The van der Waals surface area contributed by atoms with Gasteiger partial charge in [0.1, 0.15) is 5.82 Å². The van der Waals surface area contributed by atoms with E-state index in [-0.39, 0.29) is 23.5 Å². The molecular weight excluding hydrogens is 423 g/mol. The Bertz CT molecular complexity index is 1110. The van der Waals surface area contributed by atoms with Crippen LogP contribution < -0.4 is 5.32 Å². The Morgan fingerprint density at radius 3 is 2.76 bits per heavy atom. The molecule has 1 aliphatic rings. The first-order chi connectivity index (χ1) is 16.1. The van der Waals surface area contributed by atoms with Crippen LogP contribution in [-0.4, -0.2) is 52.6 Å². The lowest BCUT2D eigenvalue weighted by molar-refractivity contribution is -0.121. The zero-order chi connectivity index (χ0) is 23.2. The molecule has 2 aromatic carbocycles. The number of anilines is 1. The second-order valence-electron chi connectivity index (χ2n) is 8.21. The highest BCUT2D eigenvalue weighted by atomic mass is 19.1. The number of aromatic nitrogens is 2. The predicted molar refractivity (Wildman–Crippen MR) is 125 cm³/mol. The Hall–Kier alpha value is -3.26. The van der Waals surface area contributed by atoms with E-state index in [1.807, 2.05) is 35.8 Å². The van der Waals surface area contributed by atoms with Crippen molar-refractivity contribution < 1.29 is 18.7 Å². The van der Waals surface area contributed by atoms with Crippen molar-refractivity contribution in [2.24, 2.45) is 5.92 Å². The molecule has 2 heterocycles. The highest BCUT2D eigenvalue weighted by Gasteiger charge is 2.30. The molecule has 0 bridgehead atoms. The Kier molecular flexibility index (Phi) is 7.34. The van der Waals surface area contributed by atoms with E-state index in [0.29, 0.717) is 50.8 Å². The van der Waals surface area contributed by atoms with Crippen LogP contribution in [0, 0.1) is 11.7 Å². The molecule has 0 radical (unpaired) electrons. The summed E-state index contributed by atoms with van der Waals surface area (Å²) in [5, 5.41) is 3.00. The second kappa shape index (κ2) is 10.6. The molecule has 1 unspecified atom stereocenters. The van der Waals surface area contributed by atoms with Crippen LogP contribution in [0.5, 0.6) is 0 Å². The summed E-state index contributed by atoms with van der Waals surface area (Å²) in [5.41, 5.74) is 2.20. The van der Waals surface area contributed by atoms with Crippen LogP contribution in [0.15, 0.2) is 48.5 Å². The zero-order valence-electron chi connectivity index (χ0n) is 18.8. The lowest BCUT2D eigenvalue weighted by atomic mass is 9.96. The first-order valence-corrected chi connectivity index (χ1v) is 11.5. The topological polar surface area (TPSA) is 76.5 Å². The number of imidazole rings is 1. The molecule has 8 heteroatoms. The quantitative estimate of drug-likeness (QED) is 0.522. The van der Waals surface area contributed by atoms with Crippen molar-refractivity contribution in [3.8, 4) is 0 Å². The summed E-state index contributed by atoms with van der Waals surface area (Å²) in [6, 6.07) is 13.3. The number of hydrogen-bond donors (Lipinski definition) is 1. The molecule has 0 aliphatic carbocycles. The van der Waals surface area contributed by atoms with Gasteiger partial charge in [0.25, 0.3) is 5.91 Å². The largest absolute Gasteiger partial charge is 0.382 e. The maximum absolute atomic E-state index is 13.2. The molecule has 4 rings (SSSR count). The summed E-state index contributed by atoms with van der Waals surface area (Å²) in [5.74, 6) is -0.533. The number of amides is 2. The van der Waals surface area contributed by atoms with Crippen molar-refractivity contribution >= 4 is 28.8 Å². The second-order valence-corrected chi connectivity index (χ2v) is 8.21. The smallest absolute Gasteiger partial charge is 0.253 e. The van der Waals surface area contributed by atoms with E-state index in [1.54, 1.807) is 4.90 Å². The van der Waals surface area contributed by atoms with Crippen LogP contribution >= 0.6 is 0 Å². The van der Waals surface area contributed by atoms with Gasteiger partial charge in [0.05, 0.1) is 17.0 Å². The molecule has 1 aliphatic heterocycles. The van der Waals surface area contributed by atoms with Gasteiger partial charge in [0.15, 0.2) is 0 Å². The van der Waals surface area contributed by atoms with Gasteiger partial charge in [-0.15, -0.1) is 0 Å². The minimum Gasteiger partial charge on any atom is -0.382 e. The Labute approximate surface area is 192 Å². The number of likely N-dealkylation sites (tertiary alicyclic amines) is 1. The van der Waals surface area contributed by atoms with Gasteiger partial charge in [-0.2, -0.15) is 0 Å². The third-order valence-electron chi connectivity index (χ3n) is 5.93. The van der Waals surface area contributed by atoms with E-state index in [2.05, 4.69) is 10.3 Å². The van der Waals surface area contributed by atoms with Gasteiger partial charge in [-0.25, -0.2) is 9.37 Å². The van der Waals surface area contributed by atoms with Crippen molar-refractivity contribution in [1.82, 2.24) is 14.5 Å². The van der Waals surface area contributed by atoms with Gasteiger partial charge >= 0.3 is 0 Å². The number of para-hydroxylation sites is 2. The molecule has 3 aromatic rings. The van der Waals surface area contributed by atoms with Crippen LogP contribution in [0.1, 0.15) is 36.5 Å². The molecule has 1 fully saturated rings. The molecule has 1 saturated heterocycles. The number of piperidine rings is 1. The van der Waals surface area contributed by atoms with Crippen molar-refractivity contribution in [3.05, 3.63) is 59.9 Å². The Morgan fingerprint density at radius 2 is 1.97 bits per heavy atom. The third kappa shape index (κ3) is 5.39. The number of carbonyl (C=O) groups is 2. The van der Waals surface area contributed by atoms with Gasteiger partial charge in [-0.3, -0.25) is 14.9 Å². The van der Waals surface area contributed by atoms with Crippen LogP contribution in [0.25, 0.3) is 11.0 Å². The van der Waals surface area contributed by atoms with E-state index < -0.39 is 0 Å². The van der Waals surface area contributed by atoms with Crippen LogP contribution in [-0.2, 0) is 16.1 Å². The third-order valence-corrected chi connectivity index (χ3v) is 5.93. The van der Waals surface area contributed by atoms with E-state index in [0.717, 1.165) is 23.9 Å². The number of fused-ring (bicyclic) bond motifs is 1. The molecule has 174 valence electrons. The highest BCUT2D eigenvalue weighted by molar-refractivity contribution is 5.96. The first-order valence-electron chi connectivity index (χ1n) is 11.5. The number of halogens is 1. The van der Waals surface area contributed by atoms with Gasteiger partial charge in [0.2, 0.25) is 11.9 Å². The minimum absolute atomic E-state index is 0.145. The summed E-state index contributed by atoms with van der Waals surface area (Å²) in [6.45, 7) is 4.85. The summed E-state index contributed by atoms with van der Waals surface area (Å²) in [4.78, 5) is 32.3. The molecule has 2 amide bonds. The summed E-state index contributed by atoms with van der Waals surface area (Å²) in [6.07, 6.45) is 2.24.